The molecule has 120 valence electrons. The fourth-order valence-electron chi connectivity index (χ4n) is 2.60. The highest BCUT2D eigenvalue weighted by Crippen LogP contribution is 2.25. The summed E-state index contributed by atoms with van der Waals surface area (Å²) in [4.78, 5) is 13.9. The Morgan fingerprint density at radius 3 is 2.52 bits per heavy atom. The van der Waals surface area contributed by atoms with Crippen LogP contribution >= 0.6 is 11.6 Å². The highest BCUT2D eigenvalue weighted by molar-refractivity contribution is 6.30. The van der Waals surface area contributed by atoms with Gasteiger partial charge in [-0.15, -0.1) is 0 Å². The van der Waals surface area contributed by atoms with Crippen molar-refractivity contribution in [2.75, 3.05) is 20.3 Å². The van der Waals surface area contributed by atoms with Crippen molar-refractivity contribution in [2.24, 2.45) is 0 Å². The summed E-state index contributed by atoms with van der Waals surface area (Å²) in [5.74, 6) is 0.812. The van der Waals surface area contributed by atoms with Crippen LogP contribution < -0.4 is 4.74 Å². The van der Waals surface area contributed by atoms with E-state index in [1.165, 1.54) is 0 Å². The van der Waals surface area contributed by atoms with Crippen molar-refractivity contribution in [1.29, 1.82) is 0 Å². The quantitative estimate of drug-likeness (QED) is 0.861. The van der Waals surface area contributed by atoms with E-state index >= 15 is 0 Å². The van der Waals surface area contributed by atoms with E-state index in [0.717, 1.165) is 16.9 Å². The first kappa shape index (κ1) is 15.8. The zero-order valence-corrected chi connectivity index (χ0v) is 13.6. The predicted octanol–water partition coefficient (Wildman–Crippen LogP) is 3.45. The molecule has 0 unspecified atom stereocenters. The number of methoxy groups -OCH3 is 1. The van der Waals surface area contributed by atoms with Gasteiger partial charge in [0.15, 0.2) is 0 Å². The molecule has 1 aliphatic rings. The number of nitrogens with zero attached hydrogens (tertiary/aromatic N) is 1. The number of amides is 1. The topological polar surface area (TPSA) is 38.8 Å². The van der Waals surface area contributed by atoms with Crippen LogP contribution in [0.25, 0.3) is 0 Å². The van der Waals surface area contributed by atoms with E-state index < -0.39 is 0 Å². The lowest BCUT2D eigenvalue weighted by Crippen LogP contribution is -2.42. The molecule has 2 aromatic rings. The van der Waals surface area contributed by atoms with E-state index in [1.54, 1.807) is 7.11 Å². The monoisotopic (exact) mass is 331 g/mol. The van der Waals surface area contributed by atoms with E-state index in [-0.39, 0.29) is 18.6 Å². The molecule has 0 N–H and O–H groups in total. The molecule has 4 nitrogen and oxygen atoms in total. The highest BCUT2D eigenvalue weighted by atomic mass is 35.5. The Hall–Kier alpha value is -2.04. The molecule has 0 bridgehead atoms. The van der Waals surface area contributed by atoms with Crippen molar-refractivity contribution in [2.45, 2.75) is 12.6 Å². The zero-order valence-electron chi connectivity index (χ0n) is 12.9. The number of carbonyl (C=O) groups is 1. The second-order valence-electron chi connectivity index (χ2n) is 5.47. The fourth-order valence-corrected chi connectivity index (χ4v) is 2.73. The van der Waals surface area contributed by atoms with Gasteiger partial charge in [0, 0.05) is 11.6 Å². The van der Waals surface area contributed by atoms with Crippen LogP contribution in [0, 0.1) is 0 Å². The zero-order chi connectivity index (χ0) is 16.2. The van der Waals surface area contributed by atoms with E-state index in [2.05, 4.69) is 0 Å². The summed E-state index contributed by atoms with van der Waals surface area (Å²) >= 11 is 5.92. The molecule has 0 spiro atoms. The number of hydrogen-bond donors (Lipinski definition) is 0. The Bertz CT molecular complexity index is 670. The van der Waals surface area contributed by atoms with Gasteiger partial charge in [0.25, 0.3) is 0 Å². The van der Waals surface area contributed by atoms with Crippen molar-refractivity contribution in [3.63, 3.8) is 0 Å². The number of ether oxygens (including phenoxy) is 2. The number of halogens is 1. The molecular formula is C18H18ClNO3. The van der Waals surface area contributed by atoms with Crippen LogP contribution in [0.15, 0.2) is 48.5 Å². The van der Waals surface area contributed by atoms with E-state index in [1.807, 2.05) is 53.4 Å². The average Bonchev–Trinajstić information content (AvgIpc) is 2.58. The predicted molar refractivity (Wildman–Crippen MR) is 88.6 cm³/mol. The van der Waals surface area contributed by atoms with Crippen LogP contribution in [0.4, 0.5) is 0 Å². The Morgan fingerprint density at radius 2 is 1.87 bits per heavy atom. The van der Waals surface area contributed by atoms with Gasteiger partial charge in [-0.25, -0.2) is 0 Å². The summed E-state index contributed by atoms with van der Waals surface area (Å²) in [5.41, 5.74) is 2.09. The second-order valence-corrected chi connectivity index (χ2v) is 5.91. The van der Waals surface area contributed by atoms with Crippen LogP contribution in [-0.4, -0.2) is 31.1 Å². The van der Waals surface area contributed by atoms with Gasteiger partial charge in [-0.05, 0) is 35.4 Å². The molecule has 1 heterocycles. The maximum absolute atomic E-state index is 12.1. The minimum absolute atomic E-state index is 0.00558. The number of benzene rings is 2. The second kappa shape index (κ2) is 7.02. The van der Waals surface area contributed by atoms with Gasteiger partial charge < -0.3 is 14.4 Å². The average molecular weight is 332 g/mol. The molecule has 0 radical (unpaired) electrons. The number of carbonyl (C=O) groups excluding carboxylic acids is 1. The van der Waals surface area contributed by atoms with Gasteiger partial charge in [-0.3, -0.25) is 4.79 Å². The Balaban J connectivity index is 1.70. The highest BCUT2D eigenvalue weighted by Gasteiger charge is 2.27. The molecule has 2 aromatic carbocycles. The Kier molecular flexibility index (Phi) is 4.84. The molecule has 23 heavy (non-hydrogen) atoms. The molecule has 0 aromatic heterocycles. The molecule has 1 fully saturated rings. The maximum Gasteiger partial charge on any atom is 0.249 e. The third kappa shape index (κ3) is 3.84. The van der Waals surface area contributed by atoms with Gasteiger partial charge in [-0.2, -0.15) is 0 Å². The molecule has 5 heteroatoms. The Morgan fingerprint density at radius 1 is 1.17 bits per heavy atom. The summed E-state index contributed by atoms with van der Waals surface area (Å²) in [7, 11) is 1.64. The Labute approximate surface area is 140 Å². The SMILES string of the molecule is COc1ccc(CN2C[C@H](c3ccc(Cl)cc3)OCC2=O)cc1. The van der Waals surface area contributed by atoms with Gasteiger partial charge in [0.2, 0.25) is 5.91 Å². The summed E-state index contributed by atoms with van der Waals surface area (Å²) in [6, 6.07) is 15.3. The van der Waals surface area contributed by atoms with Crippen molar-refractivity contribution < 1.29 is 14.3 Å². The molecule has 1 atom stereocenters. The smallest absolute Gasteiger partial charge is 0.249 e. The van der Waals surface area contributed by atoms with Crippen molar-refractivity contribution in [3.05, 3.63) is 64.7 Å². The molecule has 0 saturated carbocycles. The molecular weight excluding hydrogens is 314 g/mol. The lowest BCUT2D eigenvalue weighted by molar-refractivity contribution is -0.150. The number of rotatable bonds is 4. The third-order valence-corrected chi connectivity index (χ3v) is 4.17. The van der Waals surface area contributed by atoms with Gasteiger partial charge >= 0.3 is 0 Å². The van der Waals surface area contributed by atoms with Crippen molar-refractivity contribution in [3.8, 4) is 5.75 Å². The summed E-state index contributed by atoms with van der Waals surface area (Å²) in [6.07, 6.45) is -0.122. The number of hydrogen-bond acceptors (Lipinski definition) is 3. The minimum atomic E-state index is -0.122. The summed E-state index contributed by atoms with van der Waals surface area (Å²) < 4.78 is 10.8. The molecule has 1 amide bonds. The molecule has 1 aliphatic heterocycles. The minimum Gasteiger partial charge on any atom is -0.497 e. The first-order chi connectivity index (χ1) is 11.2. The molecule has 0 aliphatic carbocycles. The molecule has 3 rings (SSSR count). The van der Waals surface area contributed by atoms with Crippen molar-refractivity contribution in [1.82, 2.24) is 4.90 Å². The van der Waals surface area contributed by atoms with E-state index in [9.17, 15) is 4.79 Å². The van der Waals surface area contributed by atoms with Gasteiger partial charge in [0.05, 0.1) is 13.7 Å². The third-order valence-electron chi connectivity index (χ3n) is 3.92. The van der Waals surface area contributed by atoms with Gasteiger partial charge in [-0.1, -0.05) is 35.9 Å². The first-order valence-electron chi connectivity index (χ1n) is 7.43. The van der Waals surface area contributed by atoms with Crippen molar-refractivity contribution >= 4 is 17.5 Å². The first-order valence-corrected chi connectivity index (χ1v) is 7.81. The van der Waals surface area contributed by atoms with Crippen LogP contribution in [0.2, 0.25) is 5.02 Å². The van der Waals surface area contributed by atoms with Crippen LogP contribution in [0.1, 0.15) is 17.2 Å². The van der Waals surface area contributed by atoms with E-state index in [0.29, 0.717) is 18.1 Å². The molecule has 1 saturated heterocycles. The van der Waals surface area contributed by atoms with E-state index in [4.69, 9.17) is 21.1 Å². The maximum atomic E-state index is 12.1. The van der Waals surface area contributed by atoms with Crippen LogP contribution in [-0.2, 0) is 16.1 Å². The summed E-state index contributed by atoms with van der Waals surface area (Å²) in [6.45, 7) is 1.20. The van der Waals surface area contributed by atoms with Crippen LogP contribution in [0.5, 0.6) is 5.75 Å². The lowest BCUT2D eigenvalue weighted by atomic mass is 10.1. The standard InChI is InChI=1S/C18H18ClNO3/c1-22-16-8-2-13(3-9-16)10-20-11-17(23-12-18(20)21)14-4-6-15(19)7-5-14/h2-9,17H,10-12H2,1H3/t17-/m1/s1. The largest absolute Gasteiger partial charge is 0.497 e. The van der Waals surface area contributed by atoms with Crippen LogP contribution in [0.3, 0.4) is 0 Å². The van der Waals surface area contributed by atoms with Gasteiger partial charge in [0.1, 0.15) is 18.5 Å². The summed E-state index contributed by atoms with van der Waals surface area (Å²) in [5, 5.41) is 0.690. The normalized spacial score (nSPS) is 18.1. The lowest BCUT2D eigenvalue weighted by Gasteiger charge is -2.33. The fraction of sp³-hybridized carbons (Fsp3) is 0.278. The number of morpholine rings is 1.